The van der Waals surface area contributed by atoms with Crippen molar-refractivity contribution in [1.29, 1.82) is 0 Å². The Kier molecular flexibility index (Phi) is 5.45. The van der Waals surface area contributed by atoms with E-state index in [0.29, 0.717) is 10.5 Å². The predicted molar refractivity (Wildman–Crippen MR) is 76.7 cm³/mol. The Labute approximate surface area is 144 Å². The molecule has 1 aromatic carbocycles. The number of nitrogens with zero attached hydrogens (tertiary/aromatic N) is 1. The molecule has 1 aliphatic rings. The maximum Gasteiger partial charge on any atom is 0.534 e. The lowest BCUT2D eigenvalue weighted by molar-refractivity contribution is -0.185. The van der Waals surface area contributed by atoms with Crippen molar-refractivity contribution in [2.75, 3.05) is 13.1 Å². The summed E-state index contributed by atoms with van der Waals surface area (Å²) in [5.41, 5.74) is -5.12. The zero-order chi connectivity index (χ0) is 19.8. The highest BCUT2D eigenvalue weighted by atomic mass is 32.2. The predicted octanol–water partition coefficient (Wildman–Crippen LogP) is 2.79. The fourth-order valence-corrected chi connectivity index (χ4v) is 3.06. The van der Waals surface area contributed by atoms with E-state index in [4.69, 9.17) is 0 Å². The van der Waals surface area contributed by atoms with Gasteiger partial charge in [-0.1, -0.05) is 12.1 Å². The molecule has 0 saturated heterocycles. The Morgan fingerprint density at radius 1 is 1.04 bits per heavy atom. The number of hydrogen-bond donors (Lipinski definition) is 0. The van der Waals surface area contributed by atoms with E-state index in [2.05, 4.69) is 4.18 Å². The topological polar surface area (TPSA) is 63.7 Å². The molecular formula is C14H13F6NO4S. The summed E-state index contributed by atoms with van der Waals surface area (Å²) in [4.78, 5) is 11.9. The summed E-state index contributed by atoms with van der Waals surface area (Å²) < 4.78 is 102. The Balaban J connectivity index is 2.27. The van der Waals surface area contributed by atoms with Crippen LogP contribution in [0, 0.1) is 0 Å². The minimum Gasteiger partial charge on any atom is -0.376 e. The third-order valence-electron chi connectivity index (χ3n) is 3.75. The van der Waals surface area contributed by atoms with Crippen molar-refractivity contribution in [3.63, 3.8) is 0 Å². The first-order valence-corrected chi connectivity index (χ1v) is 8.71. The molecule has 0 radical (unpaired) electrons. The van der Waals surface area contributed by atoms with Gasteiger partial charge in [-0.3, -0.25) is 4.79 Å². The molecule has 5 nitrogen and oxygen atoms in total. The van der Waals surface area contributed by atoms with E-state index in [9.17, 15) is 39.6 Å². The van der Waals surface area contributed by atoms with Crippen LogP contribution in [0.3, 0.4) is 0 Å². The van der Waals surface area contributed by atoms with E-state index in [1.54, 1.807) is 0 Å². The summed E-state index contributed by atoms with van der Waals surface area (Å²) in [5.74, 6) is -2.51. The second kappa shape index (κ2) is 6.97. The second-order valence-corrected chi connectivity index (χ2v) is 7.06. The molecule has 0 atom stereocenters. The summed E-state index contributed by atoms with van der Waals surface area (Å²) >= 11 is 0. The summed E-state index contributed by atoms with van der Waals surface area (Å²) in [6.07, 6.45) is -5.14. The van der Waals surface area contributed by atoms with Crippen molar-refractivity contribution in [2.24, 2.45) is 0 Å². The number of amides is 1. The zero-order valence-electron chi connectivity index (χ0n) is 13.0. The molecule has 0 saturated carbocycles. The van der Waals surface area contributed by atoms with Crippen LogP contribution in [0.4, 0.5) is 26.3 Å². The van der Waals surface area contributed by atoms with Gasteiger partial charge in [0.15, 0.2) is 0 Å². The third kappa shape index (κ3) is 4.40. The number of alkyl halides is 6. The van der Waals surface area contributed by atoms with Crippen LogP contribution >= 0.6 is 0 Å². The monoisotopic (exact) mass is 405 g/mol. The zero-order valence-corrected chi connectivity index (χ0v) is 13.8. The average Bonchev–Trinajstić information content (AvgIpc) is 2.45. The molecule has 1 amide bonds. The maximum atomic E-state index is 12.5. The summed E-state index contributed by atoms with van der Waals surface area (Å²) in [5, 5.41) is 0. The minimum atomic E-state index is -5.86. The van der Waals surface area contributed by atoms with Gasteiger partial charge in [-0.2, -0.15) is 34.8 Å². The number of benzene rings is 1. The normalized spacial score (nSPS) is 16.5. The largest absolute Gasteiger partial charge is 0.534 e. The average molecular weight is 405 g/mol. The molecule has 1 heterocycles. The van der Waals surface area contributed by atoms with Crippen LogP contribution in [-0.2, 0) is 27.8 Å². The van der Waals surface area contributed by atoms with Crippen molar-refractivity contribution >= 4 is 16.0 Å². The van der Waals surface area contributed by atoms with Gasteiger partial charge in [0.25, 0.3) is 0 Å². The first-order chi connectivity index (χ1) is 11.8. The van der Waals surface area contributed by atoms with Crippen LogP contribution in [0.2, 0.25) is 0 Å². The number of halogens is 6. The molecule has 0 unspecified atom stereocenters. The highest BCUT2D eigenvalue weighted by Gasteiger charge is 2.49. The van der Waals surface area contributed by atoms with Crippen LogP contribution in [0.25, 0.3) is 0 Å². The van der Waals surface area contributed by atoms with Gasteiger partial charge in [-0.25, -0.2) is 0 Å². The smallest absolute Gasteiger partial charge is 0.376 e. The van der Waals surface area contributed by atoms with Crippen molar-refractivity contribution < 1.29 is 43.7 Å². The van der Waals surface area contributed by atoms with Gasteiger partial charge in [0.05, 0.1) is 0 Å². The lowest BCUT2D eigenvalue weighted by Crippen LogP contribution is -2.43. The van der Waals surface area contributed by atoms with E-state index in [1.165, 1.54) is 12.1 Å². The lowest BCUT2D eigenvalue weighted by atomic mass is 9.97. The molecule has 0 fully saturated rings. The highest BCUT2D eigenvalue weighted by molar-refractivity contribution is 7.88. The van der Waals surface area contributed by atoms with Gasteiger partial charge in [0, 0.05) is 13.1 Å². The van der Waals surface area contributed by atoms with Crippen molar-refractivity contribution in [3.05, 3.63) is 29.3 Å². The first kappa shape index (κ1) is 20.3. The quantitative estimate of drug-likeness (QED) is 0.431. The number of carbonyl (C=O) groups is 1. The molecule has 146 valence electrons. The standard InChI is InChI=1S/C14H13F6NO4S/c15-13(16,17)12(22)21-7-2-4-10-9(6-8-21)3-1-5-11(10)25-26(23,24)14(18,19)20/h1,3,5H,2,4,6-8H2. The van der Waals surface area contributed by atoms with Crippen LogP contribution in [-0.4, -0.2) is 44.0 Å². The van der Waals surface area contributed by atoms with Crippen LogP contribution in [0.15, 0.2) is 18.2 Å². The van der Waals surface area contributed by atoms with Crippen molar-refractivity contribution in [1.82, 2.24) is 4.90 Å². The number of rotatable bonds is 2. The second-order valence-electron chi connectivity index (χ2n) is 5.52. The lowest BCUT2D eigenvalue weighted by Gasteiger charge is -2.27. The SMILES string of the molecule is O=C(N1CCCc2c(cccc2OS(=O)(=O)C(F)(F)F)CC1)C(F)(F)F. The molecule has 0 aromatic heterocycles. The van der Waals surface area contributed by atoms with Crippen molar-refractivity contribution in [3.8, 4) is 5.75 Å². The van der Waals surface area contributed by atoms with Crippen LogP contribution in [0.5, 0.6) is 5.75 Å². The van der Waals surface area contributed by atoms with Gasteiger partial charge in [0.2, 0.25) is 0 Å². The molecule has 0 N–H and O–H groups in total. The Bertz CT molecular complexity index is 788. The summed E-state index contributed by atoms with van der Waals surface area (Å²) in [6, 6.07) is 3.71. The molecule has 1 aliphatic heterocycles. The number of hydrogen-bond acceptors (Lipinski definition) is 4. The van der Waals surface area contributed by atoms with E-state index < -0.39 is 33.5 Å². The Morgan fingerprint density at radius 3 is 2.27 bits per heavy atom. The molecule has 2 rings (SSSR count). The number of carbonyl (C=O) groups excluding carboxylic acids is 1. The minimum absolute atomic E-state index is 0.00125. The molecule has 0 aliphatic carbocycles. The molecule has 12 heteroatoms. The fraction of sp³-hybridized carbons (Fsp3) is 0.500. The highest BCUT2D eigenvalue weighted by Crippen LogP contribution is 2.32. The van der Waals surface area contributed by atoms with Gasteiger partial charge in [-0.05, 0) is 36.5 Å². The van der Waals surface area contributed by atoms with Crippen molar-refractivity contribution in [2.45, 2.75) is 30.9 Å². The Hall–Kier alpha value is -1.98. The summed E-state index contributed by atoms with van der Waals surface area (Å²) in [6.45, 7) is -0.570. The Morgan fingerprint density at radius 2 is 1.69 bits per heavy atom. The third-order valence-corrected chi connectivity index (χ3v) is 4.71. The maximum absolute atomic E-state index is 12.5. The molecule has 0 bridgehead atoms. The van der Waals surface area contributed by atoms with Crippen LogP contribution in [0.1, 0.15) is 17.5 Å². The number of fused-ring (bicyclic) bond motifs is 1. The first-order valence-electron chi connectivity index (χ1n) is 7.30. The van der Waals surface area contributed by atoms with E-state index in [-0.39, 0.29) is 37.9 Å². The summed E-state index contributed by atoms with van der Waals surface area (Å²) in [7, 11) is -5.86. The van der Waals surface area contributed by atoms with E-state index in [0.717, 1.165) is 6.07 Å². The van der Waals surface area contributed by atoms with E-state index in [1.807, 2.05) is 0 Å². The van der Waals surface area contributed by atoms with Crippen LogP contribution < -0.4 is 4.18 Å². The van der Waals surface area contributed by atoms with Gasteiger partial charge < -0.3 is 9.08 Å². The molecule has 1 aromatic rings. The molecule has 0 spiro atoms. The van der Waals surface area contributed by atoms with Gasteiger partial charge in [0.1, 0.15) is 5.75 Å². The van der Waals surface area contributed by atoms with E-state index >= 15 is 0 Å². The van der Waals surface area contributed by atoms with Gasteiger partial charge in [-0.15, -0.1) is 0 Å². The molecule has 26 heavy (non-hydrogen) atoms. The van der Waals surface area contributed by atoms with Gasteiger partial charge >= 0.3 is 27.7 Å². The fourth-order valence-electron chi connectivity index (χ4n) is 2.57. The molecular weight excluding hydrogens is 392 g/mol.